The van der Waals surface area contributed by atoms with Crippen LogP contribution in [0.5, 0.6) is 0 Å². The number of carbonyl (C=O) groups is 5. The van der Waals surface area contributed by atoms with Crippen LogP contribution in [0.1, 0.15) is 82.3 Å². The summed E-state index contributed by atoms with van der Waals surface area (Å²) in [4.78, 5) is 76.3. The molecule has 324 valence electrons. The molecule has 2 aromatic rings. The van der Waals surface area contributed by atoms with Gasteiger partial charge in [-0.25, -0.2) is 4.79 Å². The number of aliphatic imine (C=N–C) groups is 2. The SMILES string of the molecule is C=CC[C@H](N=C([O-])OCC1c2ccccc2-c2ccccc21)C(=O)N1CCCC1C(=O)N[C@@H](CCC(C)(C)O)C(=O)N[C@@H](CCCN=C(N)N)C(=O)N[C@@H](CC=C)C(=O)O. The Kier molecular flexibility index (Phi) is 16.8. The van der Waals surface area contributed by atoms with Crippen LogP contribution >= 0.6 is 0 Å². The normalized spacial score (nSPS) is 16.9. The molecular formula is C43H57N8O9-. The number of carboxylic acid groups (broad SMARTS) is 1. The Morgan fingerprint density at radius 2 is 1.52 bits per heavy atom. The van der Waals surface area contributed by atoms with Crippen LogP contribution in [0.25, 0.3) is 11.1 Å². The van der Waals surface area contributed by atoms with E-state index in [1.54, 1.807) is 0 Å². The van der Waals surface area contributed by atoms with E-state index in [1.165, 1.54) is 30.9 Å². The zero-order valence-corrected chi connectivity index (χ0v) is 34.2. The van der Waals surface area contributed by atoms with E-state index in [4.69, 9.17) is 16.2 Å². The minimum absolute atomic E-state index is 0.00194. The highest BCUT2D eigenvalue weighted by Crippen LogP contribution is 2.44. The number of hydrogen-bond acceptors (Lipinski definition) is 10. The number of nitrogens with zero attached hydrogens (tertiary/aromatic N) is 3. The molecule has 0 bridgehead atoms. The Balaban J connectivity index is 1.49. The molecule has 1 unspecified atom stereocenters. The van der Waals surface area contributed by atoms with Gasteiger partial charge in [0.15, 0.2) is 5.96 Å². The van der Waals surface area contributed by atoms with Gasteiger partial charge < -0.3 is 52.4 Å². The Morgan fingerprint density at radius 1 is 0.933 bits per heavy atom. The first-order valence-electron chi connectivity index (χ1n) is 20.0. The van der Waals surface area contributed by atoms with Crippen LogP contribution in [0, 0.1) is 0 Å². The molecule has 9 N–H and O–H groups in total. The van der Waals surface area contributed by atoms with Gasteiger partial charge in [0.1, 0.15) is 36.3 Å². The number of nitrogens with one attached hydrogen (secondary N) is 3. The molecule has 1 fully saturated rings. The van der Waals surface area contributed by atoms with Crippen LogP contribution in [0.15, 0.2) is 83.8 Å². The number of carbonyl (C=O) groups excluding carboxylic acids is 4. The number of fused-ring (bicyclic) bond motifs is 3. The van der Waals surface area contributed by atoms with Crippen molar-refractivity contribution in [2.75, 3.05) is 19.7 Å². The number of guanidine groups is 1. The Hall–Kier alpha value is -6.23. The summed E-state index contributed by atoms with van der Waals surface area (Å²) in [6.45, 7) is 10.6. The largest absolute Gasteiger partial charge is 0.599 e. The first-order valence-corrected chi connectivity index (χ1v) is 20.0. The summed E-state index contributed by atoms with van der Waals surface area (Å²) >= 11 is 0. The molecule has 5 atom stereocenters. The number of aliphatic carboxylic acids is 1. The number of likely N-dealkylation sites (tertiary alicyclic amines) is 1. The van der Waals surface area contributed by atoms with Crippen molar-refractivity contribution in [2.24, 2.45) is 21.5 Å². The van der Waals surface area contributed by atoms with Crippen LogP contribution in [0.3, 0.4) is 0 Å². The van der Waals surface area contributed by atoms with Crippen molar-refractivity contribution in [2.45, 2.75) is 107 Å². The van der Waals surface area contributed by atoms with Crippen molar-refractivity contribution in [3.8, 4) is 11.1 Å². The van der Waals surface area contributed by atoms with Crippen LogP contribution in [0.4, 0.5) is 0 Å². The van der Waals surface area contributed by atoms with Crippen LogP contribution in [-0.4, -0.2) is 112 Å². The van der Waals surface area contributed by atoms with E-state index in [0.717, 1.165) is 22.3 Å². The van der Waals surface area contributed by atoms with Crippen molar-refractivity contribution in [1.29, 1.82) is 0 Å². The topological polar surface area (TPSA) is 274 Å². The van der Waals surface area contributed by atoms with Gasteiger partial charge in [-0.05, 0) is 87.5 Å². The third kappa shape index (κ3) is 12.9. The lowest BCUT2D eigenvalue weighted by Crippen LogP contribution is -2.58. The molecule has 60 heavy (non-hydrogen) atoms. The van der Waals surface area contributed by atoms with Gasteiger partial charge in [0.2, 0.25) is 23.6 Å². The van der Waals surface area contributed by atoms with E-state index >= 15 is 0 Å². The second-order valence-electron chi connectivity index (χ2n) is 15.5. The van der Waals surface area contributed by atoms with E-state index in [9.17, 15) is 39.3 Å². The summed E-state index contributed by atoms with van der Waals surface area (Å²) in [5.74, 6) is -4.53. The fourth-order valence-corrected chi connectivity index (χ4v) is 7.36. The Morgan fingerprint density at radius 3 is 2.08 bits per heavy atom. The highest BCUT2D eigenvalue weighted by Gasteiger charge is 2.39. The molecule has 1 aliphatic carbocycles. The maximum Gasteiger partial charge on any atom is 0.326 e. The van der Waals surface area contributed by atoms with Gasteiger partial charge in [-0.15, -0.1) is 13.2 Å². The zero-order valence-electron chi connectivity index (χ0n) is 34.2. The average Bonchev–Trinajstić information content (AvgIpc) is 3.82. The quantitative estimate of drug-likeness (QED) is 0.0383. The van der Waals surface area contributed by atoms with E-state index in [1.807, 2.05) is 48.5 Å². The molecule has 1 saturated heterocycles. The lowest BCUT2D eigenvalue weighted by Gasteiger charge is -2.30. The van der Waals surface area contributed by atoms with Gasteiger partial charge in [0, 0.05) is 25.6 Å². The fourth-order valence-electron chi connectivity index (χ4n) is 7.36. The van der Waals surface area contributed by atoms with Crippen molar-refractivity contribution in [3.63, 3.8) is 0 Å². The molecule has 4 rings (SSSR count). The van der Waals surface area contributed by atoms with Crippen molar-refractivity contribution in [1.82, 2.24) is 20.9 Å². The van der Waals surface area contributed by atoms with Crippen molar-refractivity contribution in [3.05, 3.63) is 85.0 Å². The highest BCUT2D eigenvalue weighted by molar-refractivity contribution is 5.96. The first kappa shape index (κ1) is 46.5. The summed E-state index contributed by atoms with van der Waals surface area (Å²) in [5, 5.41) is 41.0. The summed E-state index contributed by atoms with van der Waals surface area (Å²) < 4.78 is 5.64. The minimum atomic E-state index is -1.32. The number of amides is 4. The van der Waals surface area contributed by atoms with Crippen molar-refractivity contribution < 1.29 is 44.0 Å². The van der Waals surface area contributed by atoms with Gasteiger partial charge in [0.05, 0.1) is 5.60 Å². The fraction of sp³-hybridized carbons (Fsp3) is 0.465. The third-order valence-electron chi connectivity index (χ3n) is 10.4. The molecule has 0 radical (unpaired) electrons. The molecule has 0 saturated carbocycles. The molecule has 17 heteroatoms. The first-order chi connectivity index (χ1) is 28.5. The monoisotopic (exact) mass is 829 g/mol. The van der Waals surface area contributed by atoms with Gasteiger partial charge >= 0.3 is 5.97 Å². The zero-order chi connectivity index (χ0) is 44.0. The third-order valence-corrected chi connectivity index (χ3v) is 10.4. The molecule has 2 aliphatic rings. The average molecular weight is 830 g/mol. The standard InChI is InChI=1S/C43H58N8O9/c1-5-13-33(50-42(58)60-25-30-28-17-9-7-15-26(28)27-16-8-10-18-29(27)30)39(55)51-24-12-20-35(51)38(54)48-32(21-22-43(3,4)59)37(53)47-31(19-11-23-46-41(44)45)36(52)49-34(14-6-2)40(56)57/h5-10,15-18,30-35,59H,1-2,11-14,19-25H2,3-4H3,(H,47,53)(H,48,54)(H,49,52)(H,50,58)(H,56,57)(H4,44,45,46)/p-1/t31-,32-,33-,34-,35?/m0/s1. The highest BCUT2D eigenvalue weighted by atomic mass is 16.6. The lowest BCUT2D eigenvalue weighted by molar-refractivity contribution is -0.251. The lowest BCUT2D eigenvalue weighted by atomic mass is 9.98. The van der Waals surface area contributed by atoms with Crippen LogP contribution in [0.2, 0.25) is 0 Å². The number of rotatable bonds is 22. The summed E-state index contributed by atoms with van der Waals surface area (Å²) in [5.41, 5.74) is 13.7. The molecule has 2 aromatic carbocycles. The van der Waals surface area contributed by atoms with Crippen LogP contribution < -0.4 is 32.5 Å². The molecular weight excluding hydrogens is 773 g/mol. The smallest absolute Gasteiger partial charge is 0.326 e. The summed E-state index contributed by atoms with van der Waals surface area (Å²) in [7, 11) is 0. The predicted molar refractivity (Wildman–Crippen MR) is 224 cm³/mol. The van der Waals surface area contributed by atoms with Gasteiger partial charge in [0.25, 0.3) is 0 Å². The molecule has 1 aliphatic heterocycles. The molecule has 1 heterocycles. The number of carboxylic acids is 1. The van der Waals surface area contributed by atoms with E-state index in [-0.39, 0.29) is 76.5 Å². The van der Waals surface area contributed by atoms with E-state index in [0.29, 0.717) is 6.42 Å². The van der Waals surface area contributed by atoms with E-state index in [2.05, 4.69) is 39.1 Å². The van der Waals surface area contributed by atoms with Gasteiger partial charge in [-0.3, -0.25) is 29.2 Å². The number of hydrogen-bond donors (Lipinski definition) is 7. The number of aliphatic hydroxyl groups is 1. The second kappa shape index (κ2) is 21.7. The molecule has 17 nitrogen and oxygen atoms in total. The maximum atomic E-state index is 14.0. The Bertz CT molecular complexity index is 1890. The molecule has 4 amide bonds. The predicted octanol–water partition coefficient (Wildman–Crippen LogP) is 1.19. The molecule has 0 spiro atoms. The van der Waals surface area contributed by atoms with Crippen molar-refractivity contribution >= 4 is 41.6 Å². The second-order valence-corrected chi connectivity index (χ2v) is 15.5. The molecule has 0 aromatic heterocycles. The van der Waals surface area contributed by atoms with E-state index < -0.39 is 71.5 Å². The number of benzene rings is 2. The maximum absolute atomic E-state index is 14.0. The number of ether oxygens (including phenoxy) is 1. The Labute approximate surface area is 350 Å². The summed E-state index contributed by atoms with van der Waals surface area (Å²) in [6, 6.07) is 9.63. The van der Waals surface area contributed by atoms with Gasteiger partial charge in [-0.2, -0.15) is 0 Å². The minimum Gasteiger partial charge on any atom is -0.599 e. The summed E-state index contributed by atoms with van der Waals surface area (Å²) in [6.07, 6.45) is 2.68. The van der Waals surface area contributed by atoms with Crippen LogP contribution in [-0.2, 0) is 28.7 Å². The number of nitrogens with two attached hydrogens (primary N) is 2. The van der Waals surface area contributed by atoms with Gasteiger partial charge in [-0.1, -0.05) is 60.7 Å².